The molecular formula is C21H22ClFN2O3. The van der Waals surface area contributed by atoms with Crippen LogP contribution in [0, 0.1) is 5.82 Å². The number of nitrogens with one attached hydrogen (secondary N) is 1. The molecule has 1 aliphatic carbocycles. The second kappa shape index (κ2) is 7.68. The van der Waals surface area contributed by atoms with Crippen LogP contribution in [0.15, 0.2) is 40.7 Å². The normalized spacial score (nSPS) is 22.9. The number of carbonyl (C=O) groups is 2. The summed E-state index contributed by atoms with van der Waals surface area (Å²) in [4.78, 5) is 28.0. The van der Waals surface area contributed by atoms with Crippen LogP contribution in [0.2, 0.25) is 5.02 Å². The number of morpholine rings is 1. The summed E-state index contributed by atoms with van der Waals surface area (Å²) < 4.78 is 20.3. The van der Waals surface area contributed by atoms with Gasteiger partial charge in [-0.2, -0.15) is 0 Å². The lowest BCUT2D eigenvalue weighted by Crippen LogP contribution is -2.45. The minimum absolute atomic E-state index is 0.0575. The van der Waals surface area contributed by atoms with Crippen LogP contribution < -0.4 is 5.32 Å². The molecule has 0 spiro atoms. The number of Topliss-reactive ketones (excluding diaryl/α,β-unsaturated/α-hetero) is 1. The molecule has 4 rings (SSSR count). The first-order valence-electron chi connectivity index (χ1n) is 9.54. The highest BCUT2D eigenvalue weighted by atomic mass is 35.5. The number of carbonyl (C=O) groups excluding carboxylic acids is 2. The van der Waals surface area contributed by atoms with Gasteiger partial charge in [-0.15, -0.1) is 0 Å². The highest BCUT2D eigenvalue weighted by Gasteiger charge is 2.41. The van der Waals surface area contributed by atoms with E-state index in [2.05, 4.69) is 5.32 Å². The zero-order chi connectivity index (χ0) is 19.8. The molecule has 1 atom stereocenters. The molecule has 1 aromatic carbocycles. The molecule has 2 heterocycles. The van der Waals surface area contributed by atoms with Gasteiger partial charge in [0.05, 0.1) is 19.1 Å². The Morgan fingerprint density at radius 1 is 1.29 bits per heavy atom. The molecule has 3 aliphatic rings. The molecule has 0 bridgehead atoms. The quantitative estimate of drug-likeness (QED) is 0.821. The molecule has 28 heavy (non-hydrogen) atoms. The first-order chi connectivity index (χ1) is 13.5. The summed E-state index contributed by atoms with van der Waals surface area (Å²) in [6, 6.07) is 4.45. The van der Waals surface area contributed by atoms with Crippen molar-refractivity contribution in [2.24, 2.45) is 0 Å². The summed E-state index contributed by atoms with van der Waals surface area (Å²) in [5.41, 5.74) is 2.48. The maximum Gasteiger partial charge on any atom is 0.252 e. The van der Waals surface area contributed by atoms with Crippen molar-refractivity contribution in [3.8, 4) is 0 Å². The third kappa shape index (κ3) is 3.25. The van der Waals surface area contributed by atoms with E-state index in [9.17, 15) is 14.0 Å². The molecule has 0 saturated carbocycles. The maximum absolute atomic E-state index is 14.9. The Kier molecular flexibility index (Phi) is 5.25. The van der Waals surface area contributed by atoms with Gasteiger partial charge in [0.2, 0.25) is 0 Å². The van der Waals surface area contributed by atoms with Crippen molar-refractivity contribution in [2.45, 2.75) is 32.1 Å². The van der Waals surface area contributed by atoms with Gasteiger partial charge in [0.1, 0.15) is 5.82 Å². The van der Waals surface area contributed by atoms with Crippen molar-refractivity contribution in [1.82, 2.24) is 10.2 Å². The predicted octanol–water partition coefficient (Wildman–Crippen LogP) is 3.31. The van der Waals surface area contributed by atoms with E-state index in [0.29, 0.717) is 56.0 Å². The lowest BCUT2D eigenvalue weighted by atomic mass is 9.74. The second-order valence-electron chi connectivity index (χ2n) is 7.31. The minimum Gasteiger partial charge on any atom is -0.378 e. The predicted molar refractivity (Wildman–Crippen MR) is 103 cm³/mol. The number of amides is 1. The summed E-state index contributed by atoms with van der Waals surface area (Å²) in [6.45, 7) is 3.66. The third-order valence-corrected chi connectivity index (χ3v) is 5.92. The average Bonchev–Trinajstić information content (AvgIpc) is 2.68. The summed E-state index contributed by atoms with van der Waals surface area (Å²) in [7, 11) is 0. The van der Waals surface area contributed by atoms with Crippen LogP contribution in [-0.4, -0.2) is 42.9 Å². The fourth-order valence-electron chi connectivity index (χ4n) is 4.28. The highest BCUT2D eigenvalue weighted by molar-refractivity contribution is 6.31. The van der Waals surface area contributed by atoms with Crippen LogP contribution in [0.1, 0.15) is 37.7 Å². The van der Waals surface area contributed by atoms with E-state index >= 15 is 0 Å². The number of allylic oxidation sites excluding steroid dienone is 3. The largest absolute Gasteiger partial charge is 0.378 e. The summed E-state index contributed by atoms with van der Waals surface area (Å²) in [5, 5.41) is 3.47. The number of ether oxygens (including phenoxy) is 1. The second-order valence-corrected chi connectivity index (χ2v) is 7.71. The number of rotatable bonds is 2. The monoisotopic (exact) mass is 404 g/mol. The summed E-state index contributed by atoms with van der Waals surface area (Å²) >= 11 is 6.38. The summed E-state index contributed by atoms with van der Waals surface area (Å²) in [6.07, 6.45) is 1.82. The number of dihydropyridines is 1. The molecule has 1 aromatic rings. The van der Waals surface area contributed by atoms with E-state index in [4.69, 9.17) is 16.3 Å². The van der Waals surface area contributed by atoms with E-state index in [1.165, 1.54) is 12.1 Å². The van der Waals surface area contributed by atoms with Gasteiger partial charge in [-0.25, -0.2) is 4.39 Å². The highest BCUT2D eigenvalue weighted by Crippen LogP contribution is 2.45. The van der Waals surface area contributed by atoms with E-state index in [0.717, 1.165) is 12.1 Å². The Hall–Kier alpha value is -2.18. The van der Waals surface area contributed by atoms with Crippen LogP contribution in [0.25, 0.3) is 0 Å². The zero-order valence-corrected chi connectivity index (χ0v) is 16.4. The Balaban J connectivity index is 1.88. The van der Waals surface area contributed by atoms with Gasteiger partial charge in [-0.1, -0.05) is 17.7 Å². The van der Waals surface area contributed by atoms with Crippen LogP contribution in [0.3, 0.4) is 0 Å². The van der Waals surface area contributed by atoms with Gasteiger partial charge < -0.3 is 15.0 Å². The van der Waals surface area contributed by atoms with E-state index in [1.54, 1.807) is 17.9 Å². The van der Waals surface area contributed by atoms with Crippen LogP contribution >= 0.6 is 11.6 Å². The first kappa shape index (κ1) is 19.2. The number of nitrogens with zero attached hydrogens (tertiary/aromatic N) is 1. The van der Waals surface area contributed by atoms with Crippen molar-refractivity contribution in [2.75, 3.05) is 26.3 Å². The molecule has 148 valence electrons. The molecule has 0 radical (unpaired) electrons. The molecule has 1 fully saturated rings. The van der Waals surface area contributed by atoms with Gasteiger partial charge in [-0.05, 0) is 31.9 Å². The molecule has 1 unspecified atom stereocenters. The Labute approximate surface area is 168 Å². The Morgan fingerprint density at radius 3 is 2.75 bits per heavy atom. The average molecular weight is 405 g/mol. The van der Waals surface area contributed by atoms with Crippen molar-refractivity contribution in [3.63, 3.8) is 0 Å². The number of ketones is 1. The topological polar surface area (TPSA) is 58.6 Å². The standard InChI is InChI=1S/C21H22ClFN2O3/c1-12-17(21(27)25-8-10-28-11-9-25)20(18-13(22)4-2-5-14(18)23)19-15(24-12)6-3-7-16(19)26/h2,4-5,20,24H,3,6-11H2,1H3. The Bertz CT molecular complexity index is 883. The lowest BCUT2D eigenvalue weighted by Gasteiger charge is -2.37. The molecule has 1 saturated heterocycles. The van der Waals surface area contributed by atoms with Gasteiger partial charge in [0.25, 0.3) is 5.91 Å². The molecule has 0 aromatic heterocycles. The van der Waals surface area contributed by atoms with Crippen LogP contribution in [0.5, 0.6) is 0 Å². The summed E-state index contributed by atoms with van der Waals surface area (Å²) in [5.74, 6) is -1.57. The molecule has 5 nitrogen and oxygen atoms in total. The SMILES string of the molecule is CC1=C(C(=O)N2CCOCC2)C(c2c(F)cccc2Cl)C2=C(CCCC2=O)N1. The molecule has 1 N–H and O–H groups in total. The fraction of sp³-hybridized carbons (Fsp3) is 0.429. The van der Waals surface area contributed by atoms with E-state index < -0.39 is 11.7 Å². The van der Waals surface area contributed by atoms with Crippen molar-refractivity contribution in [3.05, 3.63) is 57.1 Å². The van der Waals surface area contributed by atoms with Crippen molar-refractivity contribution >= 4 is 23.3 Å². The smallest absolute Gasteiger partial charge is 0.252 e. The maximum atomic E-state index is 14.9. The van der Waals surface area contributed by atoms with E-state index in [1.807, 2.05) is 0 Å². The van der Waals surface area contributed by atoms with Crippen LogP contribution in [-0.2, 0) is 14.3 Å². The third-order valence-electron chi connectivity index (χ3n) is 5.59. The van der Waals surface area contributed by atoms with Gasteiger partial charge in [0.15, 0.2) is 5.78 Å². The van der Waals surface area contributed by atoms with Gasteiger partial charge in [-0.3, -0.25) is 9.59 Å². The number of hydrogen-bond acceptors (Lipinski definition) is 4. The van der Waals surface area contributed by atoms with Crippen molar-refractivity contribution in [1.29, 1.82) is 0 Å². The fourth-order valence-corrected chi connectivity index (χ4v) is 4.55. The first-order valence-corrected chi connectivity index (χ1v) is 9.91. The minimum atomic E-state index is -0.798. The molecular weight excluding hydrogens is 383 g/mol. The lowest BCUT2D eigenvalue weighted by molar-refractivity contribution is -0.131. The molecule has 2 aliphatic heterocycles. The molecule has 7 heteroatoms. The number of halogens is 2. The Morgan fingerprint density at radius 2 is 2.04 bits per heavy atom. The van der Waals surface area contributed by atoms with Gasteiger partial charge >= 0.3 is 0 Å². The van der Waals surface area contributed by atoms with Gasteiger partial charge in [0, 0.05) is 52.6 Å². The number of benzene rings is 1. The molecule has 1 amide bonds. The zero-order valence-electron chi connectivity index (χ0n) is 15.7. The van der Waals surface area contributed by atoms with Crippen LogP contribution in [0.4, 0.5) is 4.39 Å². The van der Waals surface area contributed by atoms with E-state index in [-0.39, 0.29) is 22.3 Å². The number of hydrogen-bond donors (Lipinski definition) is 1. The van der Waals surface area contributed by atoms with Crippen molar-refractivity contribution < 1.29 is 18.7 Å².